The molecule has 0 radical (unpaired) electrons. The van der Waals surface area contributed by atoms with Crippen molar-refractivity contribution in [1.82, 2.24) is 9.80 Å². The van der Waals surface area contributed by atoms with Crippen LogP contribution in [-0.4, -0.2) is 49.1 Å². The van der Waals surface area contributed by atoms with Gasteiger partial charge in [0, 0.05) is 18.1 Å². The molecule has 0 N–H and O–H groups in total. The van der Waals surface area contributed by atoms with Crippen LogP contribution in [0, 0.1) is 5.92 Å². The molecular formula is C11H24N2. The van der Waals surface area contributed by atoms with Crippen LogP contribution in [0.5, 0.6) is 0 Å². The first-order valence-corrected chi connectivity index (χ1v) is 5.25. The number of hydrogen-bond donors (Lipinski definition) is 0. The van der Waals surface area contributed by atoms with Crippen molar-refractivity contribution >= 4 is 0 Å². The quantitative estimate of drug-likeness (QED) is 0.611. The van der Waals surface area contributed by atoms with Crippen molar-refractivity contribution < 1.29 is 0 Å². The van der Waals surface area contributed by atoms with Crippen LogP contribution in [-0.2, 0) is 0 Å². The number of rotatable bonds is 1. The molecule has 0 aromatic rings. The van der Waals surface area contributed by atoms with Gasteiger partial charge in [-0.25, -0.2) is 0 Å². The molecule has 13 heavy (non-hydrogen) atoms. The van der Waals surface area contributed by atoms with E-state index in [-0.39, 0.29) is 0 Å². The molecule has 0 amide bonds. The van der Waals surface area contributed by atoms with Crippen LogP contribution in [0.4, 0.5) is 0 Å². The van der Waals surface area contributed by atoms with E-state index in [1.54, 1.807) is 0 Å². The maximum Gasteiger partial charge on any atom is 0.0227 e. The smallest absolute Gasteiger partial charge is 0.0227 e. The van der Waals surface area contributed by atoms with Gasteiger partial charge in [-0.1, -0.05) is 6.92 Å². The molecule has 0 aliphatic carbocycles. The van der Waals surface area contributed by atoms with E-state index in [4.69, 9.17) is 0 Å². The largest absolute Gasteiger partial charge is 0.304 e. The van der Waals surface area contributed by atoms with Crippen LogP contribution in [0.3, 0.4) is 0 Å². The third kappa shape index (κ3) is 1.89. The fraction of sp³-hybridized carbons (Fsp3) is 1.00. The van der Waals surface area contributed by atoms with Crippen molar-refractivity contribution in [2.24, 2.45) is 5.92 Å². The maximum atomic E-state index is 2.47. The molecule has 0 bridgehead atoms. The molecule has 1 aliphatic heterocycles. The summed E-state index contributed by atoms with van der Waals surface area (Å²) in [5.74, 6) is 0.753. The van der Waals surface area contributed by atoms with E-state index >= 15 is 0 Å². The highest BCUT2D eigenvalue weighted by Crippen LogP contribution is 2.33. The van der Waals surface area contributed by atoms with E-state index < -0.39 is 0 Å². The second-order valence-electron chi connectivity index (χ2n) is 5.15. The maximum absolute atomic E-state index is 2.47. The molecule has 0 spiro atoms. The van der Waals surface area contributed by atoms with Gasteiger partial charge in [-0.3, -0.25) is 0 Å². The van der Waals surface area contributed by atoms with E-state index in [9.17, 15) is 0 Å². The predicted octanol–water partition coefficient (Wildman–Crippen LogP) is 1.67. The van der Waals surface area contributed by atoms with Gasteiger partial charge in [0.25, 0.3) is 0 Å². The Morgan fingerprint density at radius 3 is 2.31 bits per heavy atom. The zero-order valence-electron chi connectivity index (χ0n) is 9.96. The van der Waals surface area contributed by atoms with Crippen molar-refractivity contribution in [3.8, 4) is 0 Å². The molecule has 1 rings (SSSR count). The lowest BCUT2D eigenvalue weighted by Gasteiger charge is -2.50. The summed E-state index contributed by atoms with van der Waals surface area (Å²) in [6.45, 7) is 8.30. The first-order chi connectivity index (χ1) is 5.88. The minimum absolute atomic E-state index is 0.381. The molecule has 0 aromatic heterocycles. The Labute approximate surface area is 82.9 Å². The van der Waals surface area contributed by atoms with Gasteiger partial charge in [0.05, 0.1) is 0 Å². The molecule has 3 atom stereocenters. The summed E-state index contributed by atoms with van der Waals surface area (Å²) >= 11 is 0. The molecule has 0 unspecified atom stereocenters. The van der Waals surface area contributed by atoms with Gasteiger partial charge in [0.15, 0.2) is 0 Å². The van der Waals surface area contributed by atoms with Crippen molar-refractivity contribution in [2.75, 3.05) is 27.7 Å². The molecular weight excluding hydrogens is 160 g/mol. The summed E-state index contributed by atoms with van der Waals surface area (Å²) < 4.78 is 0. The summed E-state index contributed by atoms with van der Waals surface area (Å²) in [6, 6.07) is 0.712. The van der Waals surface area contributed by atoms with Crippen molar-refractivity contribution in [3.63, 3.8) is 0 Å². The van der Waals surface area contributed by atoms with Crippen LogP contribution in [0.2, 0.25) is 0 Å². The van der Waals surface area contributed by atoms with Gasteiger partial charge >= 0.3 is 0 Å². The Bertz CT molecular complexity index is 179. The van der Waals surface area contributed by atoms with Crippen LogP contribution >= 0.6 is 0 Å². The average molecular weight is 184 g/mol. The monoisotopic (exact) mass is 184 g/mol. The number of nitrogens with zero attached hydrogens (tertiary/aromatic N) is 2. The lowest BCUT2D eigenvalue weighted by molar-refractivity contribution is 0.00200. The molecule has 0 saturated carbocycles. The van der Waals surface area contributed by atoms with E-state index in [0.29, 0.717) is 11.6 Å². The van der Waals surface area contributed by atoms with Crippen molar-refractivity contribution in [2.45, 2.75) is 38.8 Å². The Morgan fingerprint density at radius 2 is 1.85 bits per heavy atom. The van der Waals surface area contributed by atoms with Gasteiger partial charge in [0.1, 0.15) is 0 Å². The van der Waals surface area contributed by atoms with Crippen LogP contribution in [0.1, 0.15) is 27.2 Å². The van der Waals surface area contributed by atoms with Gasteiger partial charge in [-0.15, -0.1) is 0 Å². The van der Waals surface area contributed by atoms with Crippen LogP contribution in [0.15, 0.2) is 0 Å². The van der Waals surface area contributed by atoms with Crippen molar-refractivity contribution in [1.29, 1.82) is 0 Å². The summed E-state index contributed by atoms with van der Waals surface area (Å²) in [5, 5.41) is 0. The molecule has 1 saturated heterocycles. The van der Waals surface area contributed by atoms with Crippen LogP contribution in [0.25, 0.3) is 0 Å². The lowest BCUT2D eigenvalue weighted by Crippen LogP contribution is -2.58. The van der Waals surface area contributed by atoms with E-state index in [0.717, 1.165) is 5.92 Å². The first kappa shape index (κ1) is 11.0. The summed E-state index contributed by atoms with van der Waals surface area (Å²) in [5.41, 5.74) is 0.381. The lowest BCUT2D eigenvalue weighted by atomic mass is 9.77. The molecule has 0 aromatic carbocycles. The minimum Gasteiger partial charge on any atom is -0.304 e. The summed E-state index contributed by atoms with van der Waals surface area (Å²) in [6.07, 6.45) is 1.28. The number of hydrogen-bond acceptors (Lipinski definition) is 2. The Balaban J connectivity index is 2.76. The Hall–Kier alpha value is -0.0800. The molecule has 1 aliphatic rings. The highest BCUT2D eigenvalue weighted by molar-refractivity contribution is 4.96. The van der Waals surface area contributed by atoms with Gasteiger partial charge in [0.2, 0.25) is 0 Å². The van der Waals surface area contributed by atoms with Gasteiger partial charge in [-0.2, -0.15) is 0 Å². The van der Waals surface area contributed by atoms with Crippen LogP contribution < -0.4 is 0 Å². The zero-order chi connectivity index (χ0) is 10.2. The minimum atomic E-state index is 0.381. The first-order valence-electron chi connectivity index (χ1n) is 5.25. The SMILES string of the molecule is C[C@@H]1C[C@](C)(N(C)C)[C@@H](C)CN1C. The topological polar surface area (TPSA) is 6.48 Å². The molecule has 1 heterocycles. The normalized spacial score (nSPS) is 42.7. The highest BCUT2D eigenvalue weighted by atomic mass is 15.2. The van der Waals surface area contributed by atoms with E-state index in [1.165, 1.54) is 13.0 Å². The summed E-state index contributed by atoms with van der Waals surface area (Å²) in [4.78, 5) is 4.86. The third-order valence-corrected chi connectivity index (χ3v) is 4.11. The second-order valence-corrected chi connectivity index (χ2v) is 5.15. The Kier molecular flexibility index (Phi) is 3.03. The molecule has 78 valence electrons. The van der Waals surface area contributed by atoms with E-state index in [2.05, 4.69) is 51.7 Å². The summed E-state index contributed by atoms with van der Waals surface area (Å²) in [7, 11) is 6.64. The number of likely N-dealkylation sites (tertiary alicyclic amines) is 1. The predicted molar refractivity (Wildman–Crippen MR) is 58.0 cm³/mol. The number of piperidine rings is 1. The fourth-order valence-electron chi connectivity index (χ4n) is 2.39. The molecule has 1 fully saturated rings. The standard InChI is InChI=1S/C11H24N2/c1-9-8-13(6)10(2)7-11(9,3)12(4)5/h9-10H,7-8H2,1-6H3/t9-,10+,11-/m0/s1. The van der Waals surface area contributed by atoms with E-state index in [1.807, 2.05) is 0 Å². The highest BCUT2D eigenvalue weighted by Gasteiger charge is 2.40. The zero-order valence-corrected chi connectivity index (χ0v) is 9.96. The van der Waals surface area contributed by atoms with Gasteiger partial charge in [-0.05, 0) is 47.3 Å². The second kappa shape index (κ2) is 3.58. The molecule has 2 nitrogen and oxygen atoms in total. The fourth-order valence-corrected chi connectivity index (χ4v) is 2.39. The third-order valence-electron chi connectivity index (χ3n) is 4.11. The average Bonchev–Trinajstić information content (AvgIpc) is 2.01. The van der Waals surface area contributed by atoms with Gasteiger partial charge < -0.3 is 9.80 Å². The van der Waals surface area contributed by atoms with Crippen molar-refractivity contribution in [3.05, 3.63) is 0 Å². The Morgan fingerprint density at radius 1 is 1.31 bits per heavy atom. The molecule has 2 heteroatoms.